The topological polar surface area (TPSA) is 81.8 Å². The third-order valence-corrected chi connectivity index (χ3v) is 2.17. The maximum absolute atomic E-state index is 11.6. The lowest BCUT2D eigenvalue weighted by atomic mass is 10.2. The number of esters is 1. The van der Waals surface area contributed by atoms with Crippen LogP contribution in [0.3, 0.4) is 0 Å². The highest BCUT2D eigenvalue weighted by Crippen LogP contribution is 2.18. The first-order chi connectivity index (χ1) is 8.15. The van der Waals surface area contributed by atoms with E-state index < -0.39 is 5.97 Å². The minimum atomic E-state index is -0.522. The Morgan fingerprint density at radius 1 is 1.35 bits per heavy atom. The maximum Gasteiger partial charge on any atom is 0.340 e. The van der Waals surface area contributed by atoms with Crippen LogP contribution in [0.4, 0.5) is 5.69 Å². The number of carbonyl (C=O) groups is 1. The average Bonchev–Trinajstić information content (AvgIpc) is 2.28. The zero-order valence-electron chi connectivity index (χ0n) is 9.19. The fraction of sp³-hybridized carbons (Fsp3) is 0.364. The first-order valence-corrected chi connectivity index (χ1v) is 5.43. The highest BCUT2D eigenvalue weighted by Gasteiger charge is 2.10. The summed E-state index contributed by atoms with van der Waals surface area (Å²) < 4.78 is 9.87. The molecule has 0 bridgehead atoms. The number of nitrogen functional groups attached to an aromatic ring is 1. The molecule has 0 aliphatic carbocycles. The van der Waals surface area contributed by atoms with E-state index in [2.05, 4.69) is 0 Å². The molecule has 17 heavy (non-hydrogen) atoms. The molecular weight excluding hydrogens is 246 g/mol. The number of nitrogens with two attached hydrogens (primary N) is 1. The van der Waals surface area contributed by atoms with Gasteiger partial charge in [-0.2, -0.15) is 0 Å². The van der Waals surface area contributed by atoms with Crippen molar-refractivity contribution in [2.75, 3.05) is 32.2 Å². The number of ether oxygens (including phenoxy) is 2. The molecule has 0 atom stereocenters. The van der Waals surface area contributed by atoms with Crippen LogP contribution in [-0.4, -0.2) is 37.5 Å². The van der Waals surface area contributed by atoms with Crippen molar-refractivity contribution in [1.29, 1.82) is 0 Å². The third kappa shape index (κ3) is 4.60. The van der Waals surface area contributed by atoms with Crippen LogP contribution in [-0.2, 0) is 9.47 Å². The van der Waals surface area contributed by atoms with Gasteiger partial charge in [0.05, 0.1) is 25.4 Å². The van der Waals surface area contributed by atoms with E-state index in [0.29, 0.717) is 5.02 Å². The molecule has 0 saturated carbocycles. The van der Waals surface area contributed by atoms with Crippen LogP contribution in [0.2, 0.25) is 5.02 Å². The molecule has 94 valence electrons. The molecule has 0 radical (unpaired) electrons. The number of rotatable bonds is 6. The summed E-state index contributed by atoms with van der Waals surface area (Å²) in [5.74, 6) is -0.522. The number of aliphatic hydroxyl groups is 1. The number of anilines is 1. The molecule has 0 amide bonds. The molecular formula is C11H14ClNO4. The monoisotopic (exact) mass is 259 g/mol. The van der Waals surface area contributed by atoms with Crippen LogP contribution in [0.25, 0.3) is 0 Å². The van der Waals surface area contributed by atoms with Gasteiger partial charge in [0.1, 0.15) is 6.61 Å². The van der Waals surface area contributed by atoms with Crippen molar-refractivity contribution >= 4 is 23.3 Å². The van der Waals surface area contributed by atoms with Gasteiger partial charge in [-0.25, -0.2) is 4.79 Å². The molecule has 0 spiro atoms. The van der Waals surface area contributed by atoms with Gasteiger partial charge in [-0.15, -0.1) is 0 Å². The maximum atomic E-state index is 11.6. The third-order valence-electron chi connectivity index (χ3n) is 1.93. The van der Waals surface area contributed by atoms with Crippen LogP contribution >= 0.6 is 11.6 Å². The zero-order valence-corrected chi connectivity index (χ0v) is 9.94. The second-order valence-corrected chi connectivity index (χ2v) is 3.64. The Morgan fingerprint density at radius 3 is 2.76 bits per heavy atom. The first-order valence-electron chi connectivity index (χ1n) is 5.06. The van der Waals surface area contributed by atoms with Crippen molar-refractivity contribution in [1.82, 2.24) is 0 Å². The van der Waals surface area contributed by atoms with Gasteiger partial charge < -0.3 is 20.3 Å². The molecule has 0 aliphatic rings. The summed E-state index contributed by atoms with van der Waals surface area (Å²) in [6.45, 7) is 0.513. The second-order valence-electron chi connectivity index (χ2n) is 3.20. The van der Waals surface area contributed by atoms with E-state index in [1.807, 2.05) is 0 Å². The summed E-state index contributed by atoms with van der Waals surface area (Å²) in [4.78, 5) is 11.6. The fourth-order valence-electron chi connectivity index (χ4n) is 1.16. The Labute approximate surface area is 104 Å². The molecule has 0 aliphatic heterocycles. The number of aliphatic hydroxyl groups excluding tert-OH is 1. The van der Waals surface area contributed by atoms with Crippen molar-refractivity contribution in [2.24, 2.45) is 0 Å². The van der Waals surface area contributed by atoms with Gasteiger partial charge in [0.2, 0.25) is 0 Å². The van der Waals surface area contributed by atoms with E-state index in [1.165, 1.54) is 12.1 Å². The van der Waals surface area contributed by atoms with Gasteiger partial charge in [-0.1, -0.05) is 11.6 Å². The molecule has 6 heteroatoms. The summed E-state index contributed by atoms with van der Waals surface area (Å²) in [6.07, 6.45) is 0. The van der Waals surface area contributed by atoms with E-state index in [0.717, 1.165) is 0 Å². The largest absolute Gasteiger partial charge is 0.460 e. The van der Waals surface area contributed by atoms with Gasteiger partial charge in [-0.3, -0.25) is 0 Å². The average molecular weight is 260 g/mol. The smallest absolute Gasteiger partial charge is 0.340 e. The Hall–Kier alpha value is -1.30. The van der Waals surface area contributed by atoms with Crippen LogP contribution in [0, 0.1) is 0 Å². The van der Waals surface area contributed by atoms with E-state index >= 15 is 0 Å². The summed E-state index contributed by atoms with van der Waals surface area (Å²) >= 11 is 5.71. The van der Waals surface area contributed by atoms with E-state index in [4.69, 9.17) is 31.9 Å². The SMILES string of the molecule is Nc1cc(Cl)ccc1C(=O)OCCOCCO. The quantitative estimate of drug-likeness (QED) is 0.454. The lowest BCUT2D eigenvalue weighted by molar-refractivity contribution is 0.0259. The molecule has 1 aromatic rings. The number of hydrogen-bond donors (Lipinski definition) is 2. The van der Waals surface area contributed by atoms with Crippen molar-refractivity contribution in [3.8, 4) is 0 Å². The van der Waals surface area contributed by atoms with Gasteiger partial charge in [-0.05, 0) is 18.2 Å². The molecule has 5 nitrogen and oxygen atoms in total. The molecule has 0 unspecified atom stereocenters. The minimum absolute atomic E-state index is 0.0575. The van der Waals surface area contributed by atoms with Crippen LogP contribution in [0.1, 0.15) is 10.4 Å². The Morgan fingerprint density at radius 2 is 2.12 bits per heavy atom. The van der Waals surface area contributed by atoms with E-state index in [9.17, 15) is 4.79 Å². The molecule has 0 heterocycles. The minimum Gasteiger partial charge on any atom is -0.460 e. The number of carbonyl (C=O) groups excluding carboxylic acids is 1. The Bertz CT molecular complexity index is 384. The zero-order chi connectivity index (χ0) is 12.7. The summed E-state index contributed by atoms with van der Waals surface area (Å²) in [7, 11) is 0. The lowest BCUT2D eigenvalue weighted by Crippen LogP contribution is -2.13. The second kappa shape index (κ2) is 7.11. The lowest BCUT2D eigenvalue weighted by Gasteiger charge is -2.07. The van der Waals surface area contributed by atoms with Crippen LogP contribution in [0.15, 0.2) is 18.2 Å². The molecule has 0 aromatic heterocycles. The predicted octanol–water partition coefficient (Wildman–Crippen LogP) is 1.09. The molecule has 3 N–H and O–H groups in total. The fourth-order valence-corrected chi connectivity index (χ4v) is 1.34. The summed E-state index contributed by atoms with van der Waals surface area (Å²) in [6, 6.07) is 4.56. The summed E-state index contributed by atoms with van der Waals surface area (Å²) in [5.41, 5.74) is 6.18. The van der Waals surface area contributed by atoms with Crippen molar-refractivity contribution < 1.29 is 19.4 Å². The molecule has 1 rings (SSSR count). The van der Waals surface area contributed by atoms with E-state index in [1.54, 1.807) is 6.07 Å². The first kappa shape index (κ1) is 13.8. The number of benzene rings is 1. The van der Waals surface area contributed by atoms with Crippen molar-refractivity contribution in [3.05, 3.63) is 28.8 Å². The molecule has 0 saturated heterocycles. The van der Waals surface area contributed by atoms with Gasteiger partial charge in [0.25, 0.3) is 0 Å². The molecule has 1 aromatic carbocycles. The standard InChI is InChI=1S/C11H14ClNO4/c12-8-1-2-9(10(13)7-8)11(15)17-6-5-16-4-3-14/h1-2,7,14H,3-6,13H2. The van der Waals surface area contributed by atoms with Crippen LogP contribution < -0.4 is 5.73 Å². The van der Waals surface area contributed by atoms with Gasteiger partial charge in [0.15, 0.2) is 0 Å². The Kier molecular flexibility index (Phi) is 5.76. The van der Waals surface area contributed by atoms with Crippen molar-refractivity contribution in [3.63, 3.8) is 0 Å². The van der Waals surface area contributed by atoms with Crippen LogP contribution in [0.5, 0.6) is 0 Å². The highest BCUT2D eigenvalue weighted by atomic mass is 35.5. The van der Waals surface area contributed by atoms with Gasteiger partial charge in [0, 0.05) is 10.7 Å². The molecule has 0 fully saturated rings. The Balaban J connectivity index is 2.42. The number of hydrogen-bond acceptors (Lipinski definition) is 5. The van der Waals surface area contributed by atoms with Gasteiger partial charge >= 0.3 is 5.97 Å². The highest BCUT2D eigenvalue weighted by molar-refractivity contribution is 6.31. The summed E-state index contributed by atoms with van der Waals surface area (Å²) in [5, 5.41) is 8.92. The predicted molar refractivity (Wildman–Crippen MR) is 64.1 cm³/mol. The normalized spacial score (nSPS) is 10.2. The van der Waals surface area contributed by atoms with Crippen molar-refractivity contribution in [2.45, 2.75) is 0 Å². The van der Waals surface area contributed by atoms with E-state index in [-0.39, 0.29) is 37.7 Å². The number of halogens is 1.